The number of benzene rings is 2. The molecule has 0 spiro atoms. The molecule has 196 valence electrons. The lowest BCUT2D eigenvalue weighted by Gasteiger charge is -2.09. The highest BCUT2D eigenvalue weighted by Gasteiger charge is 2.14. The van der Waals surface area contributed by atoms with Crippen LogP contribution >= 0.6 is 0 Å². The fourth-order valence-corrected chi connectivity index (χ4v) is 3.63. The molecule has 0 aliphatic rings. The summed E-state index contributed by atoms with van der Waals surface area (Å²) in [5, 5.41) is 7.18. The van der Waals surface area contributed by atoms with Crippen LogP contribution in [0.15, 0.2) is 73.5 Å². The maximum Gasteiger partial charge on any atom is 0.312 e. The van der Waals surface area contributed by atoms with E-state index in [9.17, 15) is 14.0 Å². The monoisotopic (exact) mass is 528 g/mol. The molecular weight excluding hydrogens is 507 g/mol. The van der Waals surface area contributed by atoms with Crippen LogP contribution in [-0.2, 0) is 0 Å². The molecule has 6 N–H and O–H groups in total. The lowest BCUT2D eigenvalue weighted by molar-refractivity contribution is 0.0971. The van der Waals surface area contributed by atoms with Crippen LogP contribution in [0.3, 0.4) is 0 Å². The van der Waals surface area contributed by atoms with Crippen LogP contribution < -0.4 is 22.1 Å². The van der Waals surface area contributed by atoms with Crippen LogP contribution in [0, 0.1) is 5.82 Å². The van der Waals surface area contributed by atoms with Gasteiger partial charge in [0.1, 0.15) is 11.2 Å². The first-order valence-corrected chi connectivity index (χ1v) is 11.6. The molecule has 0 atom stereocenters. The van der Waals surface area contributed by atoms with E-state index in [1.807, 2.05) is 0 Å². The first kappa shape index (κ1) is 25.4. The summed E-state index contributed by atoms with van der Waals surface area (Å²) >= 11 is 0. The van der Waals surface area contributed by atoms with Gasteiger partial charge < -0.3 is 30.9 Å². The van der Waals surface area contributed by atoms with Crippen molar-refractivity contribution in [3.05, 3.63) is 72.1 Å². The molecule has 39 heavy (non-hydrogen) atoms. The average molecular weight is 529 g/mol. The Hall–Kier alpha value is -5.27. The van der Waals surface area contributed by atoms with Gasteiger partial charge in [-0.3, -0.25) is 9.59 Å². The van der Waals surface area contributed by atoms with E-state index in [2.05, 4.69) is 30.6 Å². The van der Waals surface area contributed by atoms with Crippen molar-refractivity contribution >= 4 is 69.3 Å². The maximum absolute atomic E-state index is 14.5. The number of hydrogen-bond acceptors (Lipinski definition) is 10. The van der Waals surface area contributed by atoms with Crippen molar-refractivity contribution in [2.45, 2.75) is 0 Å². The molecule has 0 saturated heterocycles. The molecule has 0 bridgehead atoms. The number of aliphatic imine (C=N–C) groups is 2. The molecule has 2 amide bonds. The molecule has 2 aromatic carbocycles. The Balaban J connectivity index is 1.34. The number of halogens is 1. The summed E-state index contributed by atoms with van der Waals surface area (Å²) in [6.45, 7) is 0.270. The zero-order valence-corrected chi connectivity index (χ0v) is 20.2. The summed E-state index contributed by atoms with van der Waals surface area (Å²) in [6.07, 6.45) is 3.62. The van der Waals surface area contributed by atoms with Gasteiger partial charge in [-0.05, 0) is 48.5 Å². The number of carbonyl (C=O) groups is 2. The Bertz CT molecular complexity index is 1760. The molecule has 0 radical (unpaired) electrons. The van der Waals surface area contributed by atoms with E-state index < -0.39 is 17.6 Å². The SMILES string of the molecule is NCC=NC(=O)c1cc2cc(Nc3ncc(F)c(Nc4ccc5oc(C(=O)N=CCN)cc5c4)n3)ccc2o1. The van der Waals surface area contributed by atoms with Crippen molar-refractivity contribution in [3.8, 4) is 0 Å². The van der Waals surface area contributed by atoms with E-state index in [4.69, 9.17) is 20.3 Å². The Morgan fingerprint density at radius 3 is 1.92 bits per heavy atom. The van der Waals surface area contributed by atoms with E-state index in [0.717, 1.165) is 6.20 Å². The van der Waals surface area contributed by atoms with E-state index in [-0.39, 0.29) is 36.4 Å². The maximum atomic E-state index is 14.5. The summed E-state index contributed by atoms with van der Waals surface area (Å²) in [7, 11) is 0. The van der Waals surface area contributed by atoms with E-state index in [1.54, 1.807) is 42.5 Å². The van der Waals surface area contributed by atoms with Gasteiger partial charge in [0, 0.05) is 47.7 Å². The van der Waals surface area contributed by atoms with Gasteiger partial charge in [-0.15, -0.1) is 0 Å². The first-order valence-electron chi connectivity index (χ1n) is 11.6. The Kier molecular flexibility index (Phi) is 7.16. The second-order valence-electron chi connectivity index (χ2n) is 8.07. The van der Waals surface area contributed by atoms with E-state index in [1.165, 1.54) is 18.5 Å². The molecule has 5 aromatic rings. The number of nitrogens with two attached hydrogens (primary N) is 2. The van der Waals surface area contributed by atoms with E-state index >= 15 is 0 Å². The largest absolute Gasteiger partial charge is 0.451 e. The third-order valence-corrected chi connectivity index (χ3v) is 5.35. The number of nitrogens with one attached hydrogen (secondary N) is 2. The van der Waals surface area contributed by atoms with Crippen LogP contribution in [0.25, 0.3) is 21.9 Å². The van der Waals surface area contributed by atoms with Gasteiger partial charge in [0.2, 0.25) is 5.95 Å². The second kappa shape index (κ2) is 11.0. The molecule has 0 aliphatic carbocycles. The topological polar surface area (TPSA) is 187 Å². The minimum absolute atomic E-state index is 0.0564. The summed E-state index contributed by atoms with van der Waals surface area (Å²) in [5.41, 5.74) is 12.7. The average Bonchev–Trinajstić information content (AvgIpc) is 3.56. The highest BCUT2D eigenvalue weighted by atomic mass is 19.1. The summed E-state index contributed by atoms with van der Waals surface area (Å²) in [5.74, 6) is -1.59. The number of carbonyl (C=O) groups excluding carboxylic acids is 2. The summed E-state index contributed by atoms with van der Waals surface area (Å²) in [4.78, 5) is 39.7. The van der Waals surface area contributed by atoms with Gasteiger partial charge >= 0.3 is 11.8 Å². The van der Waals surface area contributed by atoms with Gasteiger partial charge in [0.05, 0.1) is 6.20 Å². The first-order chi connectivity index (χ1) is 18.9. The molecule has 3 aromatic heterocycles. The number of furan rings is 2. The van der Waals surface area contributed by atoms with Crippen molar-refractivity contribution in [2.75, 3.05) is 23.7 Å². The fraction of sp³-hybridized carbons (Fsp3) is 0.0769. The molecule has 0 saturated carbocycles. The lowest BCUT2D eigenvalue weighted by atomic mass is 10.2. The number of rotatable bonds is 8. The lowest BCUT2D eigenvalue weighted by Crippen LogP contribution is -2.03. The summed E-state index contributed by atoms with van der Waals surface area (Å²) < 4.78 is 25.6. The quantitative estimate of drug-likeness (QED) is 0.215. The van der Waals surface area contributed by atoms with Crippen molar-refractivity contribution in [1.82, 2.24) is 9.97 Å². The number of aromatic nitrogens is 2. The predicted molar refractivity (Wildman–Crippen MR) is 145 cm³/mol. The standard InChI is InChI=1S/C26H21FN8O4/c27-18-13-32-26(34-17-2-4-20-15(10-17)12-22(39-20)25(37)31-8-6-29)35-23(18)33-16-1-3-19-14(9-16)11-21(38-19)24(36)30-7-5-28/h1-4,7-13H,5-6,28-29H2,(H2,32,33,34,35). The molecule has 0 aliphatic heterocycles. The van der Waals surface area contributed by atoms with Gasteiger partial charge in [-0.25, -0.2) is 19.4 Å². The summed E-state index contributed by atoms with van der Waals surface area (Å²) in [6, 6.07) is 13.2. The van der Waals surface area contributed by atoms with E-state index in [0.29, 0.717) is 33.3 Å². The third kappa shape index (κ3) is 5.69. The minimum atomic E-state index is -0.675. The normalized spacial score (nSPS) is 11.7. The minimum Gasteiger partial charge on any atom is -0.451 e. The number of amides is 2. The molecule has 5 rings (SSSR count). The highest BCUT2D eigenvalue weighted by Crippen LogP contribution is 2.28. The van der Waals surface area contributed by atoms with Crippen molar-refractivity contribution in [2.24, 2.45) is 21.5 Å². The van der Waals surface area contributed by atoms with Crippen LogP contribution in [-0.4, -0.2) is 47.3 Å². The fourth-order valence-electron chi connectivity index (χ4n) is 3.63. The molecule has 3 heterocycles. The van der Waals surface area contributed by atoms with Gasteiger partial charge in [-0.2, -0.15) is 4.98 Å². The second-order valence-corrected chi connectivity index (χ2v) is 8.07. The number of nitrogens with zero attached hydrogens (tertiary/aromatic N) is 4. The number of fused-ring (bicyclic) bond motifs is 2. The van der Waals surface area contributed by atoms with Crippen LogP contribution in [0.2, 0.25) is 0 Å². The predicted octanol–water partition coefficient (Wildman–Crippen LogP) is 3.93. The smallest absolute Gasteiger partial charge is 0.312 e. The molecule has 12 nitrogen and oxygen atoms in total. The van der Waals surface area contributed by atoms with Gasteiger partial charge in [-0.1, -0.05) is 0 Å². The molecule has 0 fully saturated rings. The van der Waals surface area contributed by atoms with Crippen molar-refractivity contribution in [3.63, 3.8) is 0 Å². The highest BCUT2D eigenvalue weighted by molar-refractivity contribution is 6.01. The number of hydrogen-bond donors (Lipinski definition) is 4. The van der Waals surface area contributed by atoms with Crippen molar-refractivity contribution < 1.29 is 22.8 Å². The Labute approximate surface area is 219 Å². The third-order valence-electron chi connectivity index (χ3n) is 5.35. The van der Waals surface area contributed by atoms with Crippen LogP contribution in [0.4, 0.5) is 27.5 Å². The van der Waals surface area contributed by atoms with Crippen LogP contribution in [0.1, 0.15) is 21.1 Å². The molecular formula is C26H21FN8O4. The van der Waals surface area contributed by atoms with Crippen LogP contribution in [0.5, 0.6) is 0 Å². The Morgan fingerprint density at radius 2 is 1.38 bits per heavy atom. The zero-order chi connectivity index (χ0) is 27.4. The van der Waals surface area contributed by atoms with Gasteiger partial charge in [0.15, 0.2) is 23.2 Å². The van der Waals surface area contributed by atoms with Gasteiger partial charge in [0.25, 0.3) is 0 Å². The Morgan fingerprint density at radius 1 is 0.846 bits per heavy atom. The van der Waals surface area contributed by atoms with Crippen molar-refractivity contribution in [1.29, 1.82) is 0 Å². The molecule has 13 heteroatoms. The molecule has 0 unspecified atom stereocenters. The zero-order valence-electron chi connectivity index (χ0n) is 20.2. The number of anilines is 4.